The highest BCUT2D eigenvalue weighted by Crippen LogP contribution is 2.16. The van der Waals surface area contributed by atoms with Gasteiger partial charge in [-0.2, -0.15) is 0 Å². The Balaban J connectivity index is 2.06. The van der Waals surface area contributed by atoms with E-state index in [1.807, 2.05) is 60.7 Å². The number of hydrogen-bond acceptors (Lipinski definition) is 2. The smallest absolute Gasteiger partial charge is 0.217 e. The Kier molecular flexibility index (Phi) is 5.27. The van der Waals surface area contributed by atoms with Gasteiger partial charge in [0.15, 0.2) is 5.78 Å². The third kappa shape index (κ3) is 4.56. The van der Waals surface area contributed by atoms with Crippen molar-refractivity contribution >= 4 is 11.7 Å². The average molecular weight is 281 g/mol. The van der Waals surface area contributed by atoms with Gasteiger partial charge in [-0.05, 0) is 17.5 Å². The molecule has 1 N–H and O–H groups in total. The number of benzene rings is 2. The molecule has 0 spiro atoms. The predicted octanol–water partition coefficient (Wildman–Crippen LogP) is 3.07. The van der Waals surface area contributed by atoms with Crippen LogP contribution in [0.5, 0.6) is 0 Å². The van der Waals surface area contributed by atoms with Crippen LogP contribution in [-0.4, -0.2) is 11.7 Å². The molecular formula is C18H19NO2. The number of rotatable bonds is 6. The van der Waals surface area contributed by atoms with Crippen molar-refractivity contribution in [2.45, 2.75) is 25.8 Å². The van der Waals surface area contributed by atoms with Crippen LogP contribution in [0.25, 0.3) is 0 Å². The number of aryl methyl sites for hydroxylation is 1. The van der Waals surface area contributed by atoms with Crippen LogP contribution >= 0.6 is 0 Å². The topological polar surface area (TPSA) is 46.2 Å². The minimum Gasteiger partial charge on any atom is -0.342 e. The van der Waals surface area contributed by atoms with Crippen LogP contribution < -0.4 is 5.32 Å². The molecule has 0 radical (unpaired) electrons. The zero-order valence-corrected chi connectivity index (χ0v) is 12.1. The van der Waals surface area contributed by atoms with Gasteiger partial charge in [0.25, 0.3) is 0 Å². The van der Waals surface area contributed by atoms with Gasteiger partial charge < -0.3 is 5.32 Å². The lowest BCUT2D eigenvalue weighted by atomic mass is 9.97. The molecule has 0 saturated carbocycles. The molecule has 1 atom stereocenters. The molecule has 0 aromatic heterocycles. The van der Waals surface area contributed by atoms with Crippen molar-refractivity contribution in [3.05, 3.63) is 71.8 Å². The Labute approximate surface area is 125 Å². The summed E-state index contributed by atoms with van der Waals surface area (Å²) in [6.07, 6.45) is 1.09. The van der Waals surface area contributed by atoms with Crippen LogP contribution in [0.15, 0.2) is 60.7 Å². The van der Waals surface area contributed by atoms with E-state index in [9.17, 15) is 9.59 Å². The van der Waals surface area contributed by atoms with Gasteiger partial charge in [-0.15, -0.1) is 0 Å². The second kappa shape index (κ2) is 7.39. The first-order valence-electron chi connectivity index (χ1n) is 7.05. The van der Waals surface area contributed by atoms with Crippen molar-refractivity contribution in [2.24, 2.45) is 0 Å². The van der Waals surface area contributed by atoms with Crippen molar-refractivity contribution in [1.29, 1.82) is 0 Å². The average Bonchev–Trinajstić information content (AvgIpc) is 2.52. The fourth-order valence-electron chi connectivity index (χ4n) is 2.26. The first-order valence-corrected chi connectivity index (χ1v) is 7.05. The molecule has 0 heterocycles. The highest BCUT2D eigenvalue weighted by atomic mass is 16.2. The molecule has 2 aromatic carbocycles. The SMILES string of the molecule is CC(=O)NC(C(=O)CCc1ccccc1)c1ccccc1. The summed E-state index contributed by atoms with van der Waals surface area (Å²) < 4.78 is 0. The van der Waals surface area contributed by atoms with E-state index < -0.39 is 6.04 Å². The first-order chi connectivity index (χ1) is 10.2. The molecule has 0 fully saturated rings. The van der Waals surface area contributed by atoms with E-state index in [-0.39, 0.29) is 11.7 Å². The molecule has 0 aliphatic heterocycles. The van der Waals surface area contributed by atoms with Crippen molar-refractivity contribution in [3.63, 3.8) is 0 Å². The maximum atomic E-state index is 12.4. The molecule has 3 heteroatoms. The molecule has 0 saturated heterocycles. The largest absolute Gasteiger partial charge is 0.342 e. The van der Waals surface area contributed by atoms with Crippen LogP contribution in [0.3, 0.4) is 0 Å². The molecular weight excluding hydrogens is 262 g/mol. The summed E-state index contributed by atoms with van der Waals surface area (Å²) in [6, 6.07) is 18.7. The third-order valence-corrected chi connectivity index (χ3v) is 3.31. The Bertz CT molecular complexity index is 593. The van der Waals surface area contributed by atoms with Crippen LogP contribution in [0.1, 0.15) is 30.5 Å². The molecule has 0 aliphatic rings. The van der Waals surface area contributed by atoms with Gasteiger partial charge in [0, 0.05) is 13.3 Å². The highest BCUT2D eigenvalue weighted by molar-refractivity contribution is 5.89. The minimum atomic E-state index is -0.563. The fourth-order valence-corrected chi connectivity index (χ4v) is 2.26. The molecule has 2 aromatic rings. The molecule has 21 heavy (non-hydrogen) atoms. The maximum absolute atomic E-state index is 12.4. The Morgan fingerprint density at radius 2 is 1.52 bits per heavy atom. The minimum absolute atomic E-state index is 0.0280. The summed E-state index contributed by atoms with van der Waals surface area (Å²) in [5, 5.41) is 2.74. The van der Waals surface area contributed by atoms with E-state index >= 15 is 0 Å². The number of ketones is 1. The quantitative estimate of drug-likeness (QED) is 0.884. The summed E-state index contributed by atoms with van der Waals surface area (Å²) in [5.41, 5.74) is 1.95. The van der Waals surface area contributed by atoms with Crippen LogP contribution in [0.4, 0.5) is 0 Å². The number of hydrogen-bond donors (Lipinski definition) is 1. The number of nitrogens with one attached hydrogen (secondary N) is 1. The number of carbonyl (C=O) groups excluding carboxylic acids is 2. The van der Waals surface area contributed by atoms with E-state index in [2.05, 4.69) is 5.32 Å². The van der Waals surface area contributed by atoms with Crippen LogP contribution in [0.2, 0.25) is 0 Å². The Hall–Kier alpha value is -2.42. The van der Waals surface area contributed by atoms with Gasteiger partial charge in [-0.3, -0.25) is 9.59 Å². The van der Waals surface area contributed by atoms with Crippen molar-refractivity contribution in [2.75, 3.05) is 0 Å². The normalized spacial score (nSPS) is 11.7. The lowest BCUT2D eigenvalue weighted by Crippen LogP contribution is -2.32. The number of carbonyl (C=O) groups is 2. The van der Waals surface area contributed by atoms with Gasteiger partial charge in [-0.25, -0.2) is 0 Å². The summed E-state index contributed by atoms with van der Waals surface area (Å²) >= 11 is 0. The molecule has 1 amide bonds. The Morgan fingerprint density at radius 3 is 2.10 bits per heavy atom. The zero-order valence-electron chi connectivity index (χ0n) is 12.1. The van der Waals surface area contributed by atoms with Gasteiger partial charge in [0.05, 0.1) is 0 Å². The van der Waals surface area contributed by atoms with E-state index in [0.29, 0.717) is 12.8 Å². The predicted molar refractivity (Wildman–Crippen MR) is 82.8 cm³/mol. The van der Waals surface area contributed by atoms with Crippen molar-refractivity contribution in [3.8, 4) is 0 Å². The molecule has 0 aliphatic carbocycles. The van der Waals surface area contributed by atoms with E-state index in [4.69, 9.17) is 0 Å². The molecule has 3 nitrogen and oxygen atoms in total. The van der Waals surface area contributed by atoms with E-state index in [1.165, 1.54) is 6.92 Å². The van der Waals surface area contributed by atoms with Crippen molar-refractivity contribution in [1.82, 2.24) is 5.32 Å². The van der Waals surface area contributed by atoms with Crippen LogP contribution in [0, 0.1) is 0 Å². The number of amides is 1. The molecule has 1 unspecified atom stereocenters. The lowest BCUT2D eigenvalue weighted by Gasteiger charge is -2.17. The summed E-state index contributed by atoms with van der Waals surface area (Å²) in [7, 11) is 0. The summed E-state index contributed by atoms with van der Waals surface area (Å²) in [5.74, 6) is -0.169. The van der Waals surface area contributed by atoms with Gasteiger partial charge in [-0.1, -0.05) is 60.7 Å². The van der Waals surface area contributed by atoms with E-state index in [1.54, 1.807) is 0 Å². The van der Waals surface area contributed by atoms with Gasteiger partial charge >= 0.3 is 0 Å². The molecule has 108 valence electrons. The fraction of sp³-hybridized carbons (Fsp3) is 0.222. The molecule has 2 rings (SSSR count). The van der Waals surface area contributed by atoms with Gasteiger partial charge in [0.1, 0.15) is 6.04 Å². The summed E-state index contributed by atoms with van der Waals surface area (Å²) in [6.45, 7) is 1.43. The van der Waals surface area contributed by atoms with Crippen molar-refractivity contribution < 1.29 is 9.59 Å². The molecule has 0 bridgehead atoms. The Morgan fingerprint density at radius 1 is 0.952 bits per heavy atom. The first kappa shape index (κ1) is 15.0. The monoisotopic (exact) mass is 281 g/mol. The standard InChI is InChI=1S/C18H19NO2/c1-14(20)19-18(16-10-6-3-7-11-16)17(21)13-12-15-8-4-2-5-9-15/h2-11,18H,12-13H2,1H3,(H,19,20). The third-order valence-electron chi connectivity index (χ3n) is 3.31. The zero-order chi connectivity index (χ0) is 15.1. The second-order valence-electron chi connectivity index (χ2n) is 5.00. The highest BCUT2D eigenvalue weighted by Gasteiger charge is 2.20. The van der Waals surface area contributed by atoms with Gasteiger partial charge in [0.2, 0.25) is 5.91 Å². The van der Waals surface area contributed by atoms with Crippen LogP contribution in [-0.2, 0) is 16.0 Å². The van der Waals surface area contributed by atoms with E-state index in [0.717, 1.165) is 11.1 Å². The lowest BCUT2D eigenvalue weighted by molar-refractivity contribution is -0.126. The number of Topliss-reactive ketones (excluding diaryl/α,β-unsaturated/α-hetero) is 1. The second-order valence-corrected chi connectivity index (χ2v) is 5.00. The maximum Gasteiger partial charge on any atom is 0.217 e. The summed E-state index contributed by atoms with van der Waals surface area (Å²) in [4.78, 5) is 23.8.